The van der Waals surface area contributed by atoms with Crippen LogP contribution < -0.4 is 0 Å². The molecule has 1 aromatic carbocycles. The van der Waals surface area contributed by atoms with Crippen molar-refractivity contribution in [2.75, 3.05) is 13.1 Å². The van der Waals surface area contributed by atoms with Crippen LogP contribution in [-0.4, -0.2) is 49.2 Å². The number of hydrogen-bond acceptors (Lipinski definition) is 5. The quantitative estimate of drug-likeness (QED) is 0.811. The minimum atomic E-state index is -0.110. The molecule has 0 radical (unpaired) electrons. The molecule has 6 nitrogen and oxygen atoms in total. The molecule has 1 N–H and O–H groups in total. The minimum Gasteiger partial charge on any atom is -0.390 e. The summed E-state index contributed by atoms with van der Waals surface area (Å²) in [6, 6.07) is 10.2. The van der Waals surface area contributed by atoms with E-state index in [2.05, 4.69) is 17.2 Å². The highest BCUT2D eigenvalue weighted by molar-refractivity contribution is 8.00. The van der Waals surface area contributed by atoms with Crippen LogP contribution in [0.1, 0.15) is 31.5 Å². The van der Waals surface area contributed by atoms with Gasteiger partial charge in [-0.1, -0.05) is 30.3 Å². The molecule has 1 aromatic heterocycles. The van der Waals surface area contributed by atoms with Gasteiger partial charge >= 0.3 is 0 Å². The number of carbonyl (C=O) groups is 1. The smallest absolute Gasteiger partial charge is 0.236 e. The fourth-order valence-corrected chi connectivity index (χ4v) is 3.96. The molecule has 0 bridgehead atoms. The number of amides is 1. The average Bonchev–Trinajstić information content (AvgIpc) is 3.28. The molecule has 0 aliphatic carbocycles. The zero-order chi connectivity index (χ0) is 16.9. The van der Waals surface area contributed by atoms with Crippen molar-refractivity contribution in [2.24, 2.45) is 0 Å². The predicted molar refractivity (Wildman–Crippen MR) is 92.6 cm³/mol. The number of rotatable bonds is 6. The summed E-state index contributed by atoms with van der Waals surface area (Å²) in [6.45, 7) is 3.33. The van der Waals surface area contributed by atoms with Crippen molar-refractivity contribution in [3.05, 3.63) is 42.2 Å². The van der Waals surface area contributed by atoms with Crippen molar-refractivity contribution < 1.29 is 9.90 Å². The SMILES string of the molecule is CCC(Sc1ccccc1)C(=O)N1CCC(n2cc(CO)nn2)C1. The van der Waals surface area contributed by atoms with Gasteiger partial charge in [0.2, 0.25) is 5.91 Å². The Hall–Kier alpha value is -1.86. The molecule has 1 aliphatic heterocycles. The molecule has 1 amide bonds. The molecule has 2 heterocycles. The first-order chi connectivity index (χ1) is 11.7. The summed E-state index contributed by atoms with van der Waals surface area (Å²) >= 11 is 1.63. The highest BCUT2D eigenvalue weighted by Crippen LogP contribution is 2.29. The van der Waals surface area contributed by atoms with Crippen LogP contribution in [0.25, 0.3) is 0 Å². The molecule has 1 aliphatic rings. The van der Waals surface area contributed by atoms with Gasteiger partial charge in [-0.15, -0.1) is 16.9 Å². The molecule has 1 saturated heterocycles. The zero-order valence-electron chi connectivity index (χ0n) is 13.7. The maximum absolute atomic E-state index is 12.8. The summed E-state index contributed by atoms with van der Waals surface area (Å²) in [5.74, 6) is 0.191. The molecular weight excluding hydrogens is 324 g/mol. The number of aliphatic hydroxyl groups excluding tert-OH is 1. The topological polar surface area (TPSA) is 71.2 Å². The van der Waals surface area contributed by atoms with Crippen LogP contribution in [0.5, 0.6) is 0 Å². The number of nitrogens with zero attached hydrogens (tertiary/aromatic N) is 4. The average molecular weight is 346 g/mol. The molecule has 128 valence electrons. The van der Waals surface area contributed by atoms with Gasteiger partial charge in [-0.3, -0.25) is 4.79 Å². The van der Waals surface area contributed by atoms with E-state index in [-0.39, 0.29) is 23.8 Å². The van der Waals surface area contributed by atoms with Crippen molar-refractivity contribution in [3.63, 3.8) is 0 Å². The van der Waals surface area contributed by atoms with Gasteiger partial charge in [0, 0.05) is 18.0 Å². The summed E-state index contributed by atoms with van der Waals surface area (Å²) < 4.78 is 1.77. The van der Waals surface area contributed by atoms with Crippen LogP contribution in [0.15, 0.2) is 41.4 Å². The molecule has 3 rings (SSSR count). The van der Waals surface area contributed by atoms with Crippen molar-refractivity contribution in [2.45, 2.75) is 42.6 Å². The van der Waals surface area contributed by atoms with Crippen LogP contribution in [-0.2, 0) is 11.4 Å². The third-order valence-electron chi connectivity index (χ3n) is 4.24. The molecule has 7 heteroatoms. The largest absolute Gasteiger partial charge is 0.390 e. The second-order valence-electron chi connectivity index (χ2n) is 5.90. The highest BCUT2D eigenvalue weighted by atomic mass is 32.2. The van der Waals surface area contributed by atoms with E-state index < -0.39 is 0 Å². The molecular formula is C17H22N4O2S. The van der Waals surface area contributed by atoms with Gasteiger partial charge in [-0.2, -0.15) is 0 Å². The van der Waals surface area contributed by atoms with Crippen molar-refractivity contribution in [3.8, 4) is 0 Å². The third kappa shape index (κ3) is 3.79. The second kappa shape index (κ2) is 7.81. The Labute approximate surface area is 145 Å². The summed E-state index contributed by atoms with van der Waals surface area (Å²) in [7, 11) is 0. The first-order valence-corrected chi connectivity index (χ1v) is 9.11. The highest BCUT2D eigenvalue weighted by Gasteiger charge is 2.32. The van der Waals surface area contributed by atoms with Crippen LogP contribution in [0, 0.1) is 0 Å². The Morgan fingerprint density at radius 1 is 1.42 bits per heavy atom. The van der Waals surface area contributed by atoms with E-state index in [0.717, 1.165) is 24.3 Å². The number of carbonyl (C=O) groups excluding carboxylic acids is 1. The molecule has 2 unspecified atom stereocenters. The Kier molecular flexibility index (Phi) is 5.52. The normalized spacial score (nSPS) is 18.8. The number of hydrogen-bond donors (Lipinski definition) is 1. The molecule has 0 spiro atoms. The maximum atomic E-state index is 12.8. The predicted octanol–water partition coefficient (Wildman–Crippen LogP) is 2.11. The van der Waals surface area contributed by atoms with E-state index in [1.807, 2.05) is 35.2 Å². The van der Waals surface area contributed by atoms with Gasteiger partial charge in [0.05, 0.1) is 24.1 Å². The third-order valence-corrected chi connectivity index (χ3v) is 5.60. The van der Waals surface area contributed by atoms with E-state index in [9.17, 15) is 4.79 Å². The summed E-state index contributed by atoms with van der Waals surface area (Å²) in [6.07, 6.45) is 3.43. The van der Waals surface area contributed by atoms with Crippen molar-refractivity contribution in [1.82, 2.24) is 19.9 Å². The first kappa shape index (κ1) is 17.0. The zero-order valence-corrected chi connectivity index (χ0v) is 14.5. The standard InChI is InChI=1S/C17H22N4O2S/c1-2-16(24-15-6-4-3-5-7-15)17(23)20-9-8-14(11-20)21-10-13(12-22)18-19-21/h3-7,10,14,16,22H,2,8-9,11-12H2,1H3. The number of thioether (sulfide) groups is 1. The van der Waals surface area contributed by atoms with Crippen molar-refractivity contribution >= 4 is 17.7 Å². The summed E-state index contributed by atoms with van der Waals surface area (Å²) in [5.41, 5.74) is 0.561. The minimum absolute atomic E-state index is 0.0603. The van der Waals surface area contributed by atoms with E-state index >= 15 is 0 Å². The number of aromatic nitrogens is 3. The Balaban J connectivity index is 1.62. The van der Waals surface area contributed by atoms with Crippen molar-refractivity contribution in [1.29, 1.82) is 0 Å². The van der Waals surface area contributed by atoms with Gasteiger partial charge in [-0.25, -0.2) is 4.68 Å². The second-order valence-corrected chi connectivity index (χ2v) is 7.18. The van der Waals surface area contributed by atoms with E-state index in [1.54, 1.807) is 22.6 Å². The van der Waals surface area contributed by atoms with Crippen LogP contribution in [0.2, 0.25) is 0 Å². The summed E-state index contributed by atoms with van der Waals surface area (Å²) in [5, 5.41) is 17.0. The van der Waals surface area contributed by atoms with Gasteiger partial charge in [0.1, 0.15) is 5.69 Å². The fourth-order valence-electron chi connectivity index (χ4n) is 2.90. The molecule has 0 saturated carbocycles. The maximum Gasteiger partial charge on any atom is 0.236 e. The summed E-state index contributed by atoms with van der Waals surface area (Å²) in [4.78, 5) is 15.9. The molecule has 2 atom stereocenters. The molecule has 2 aromatic rings. The lowest BCUT2D eigenvalue weighted by atomic mass is 10.3. The lowest BCUT2D eigenvalue weighted by molar-refractivity contribution is -0.129. The first-order valence-electron chi connectivity index (χ1n) is 8.23. The van der Waals surface area contributed by atoms with Crippen LogP contribution in [0.3, 0.4) is 0 Å². The number of aliphatic hydroxyl groups is 1. The number of likely N-dealkylation sites (tertiary alicyclic amines) is 1. The Morgan fingerprint density at radius 3 is 2.88 bits per heavy atom. The fraction of sp³-hybridized carbons (Fsp3) is 0.471. The van der Waals surface area contributed by atoms with Gasteiger partial charge in [0.25, 0.3) is 0 Å². The molecule has 24 heavy (non-hydrogen) atoms. The van der Waals surface area contributed by atoms with E-state index in [0.29, 0.717) is 12.2 Å². The van der Waals surface area contributed by atoms with Crippen LogP contribution >= 0.6 is 11.8 Å². The van der Waals surface area contributed by atoms with Gasteiger partial charge < -0.3 is 10.0 Å². The number of benzene rings is 1. The lowest BCUT2D eigenvalue weighted by Crippen LogP contribution is -2.36. The van der Waals surface area contributed by atoms with Gasteiger partial charge in [-0.05, 0) is 25.0 Å². The monoisotopic (exact) mass is 346 g/mol. The van der Waals surface area contributed by atoms with E-state index in [4.69, 9.17) is 5.11 Å². The molecule has 1 fully saturated rings. The lowest BCUT2D eigenvalue weighted by Gasteiger charge is -2.22. The van der Waals surface area contributed by atoms with E-state index in [1.165, 1.54) is 0 Å². The Morgan fingerprint density at radius 2 is 2.21 bits per heavy atom. The van der Waals surface area contributed by atoms with Crippen LogP contribution in [0.4, 0.5) is 0 Å². The van der Waals surface area contributed by atoms with Gasteiger partial charge in [0.15, 0.2) is 0 Å². The Bertz CT molecular complexity index is 676.